The first kappa shape index (κ1) is 15.0. The van der Waals surface area contributed by atoms with Gasteiger partial charge in [-0.15, -0.1) is 22.9 Å². The van der Waals surface area contributed by atoms with Gasteiger partial charge in [0.25, 0.3) is 0 Å². The molecule has 1 heterocycles. The zero-order valence-corrected chi connectivity index (χ0v) is 12.6. The zero-order chi connectivity index (χ0) is 13.1. The molecule has 0 aromatic carbocycles. The molecular formula is C11H18ClNO2S2. The van der Waals surface area contributed by atoms with Crippen LogP contribution in [0.25, 0.3) is 0 Å². The fraction of sp³-hybridized carbons (Fsp3) is 0.636. The van der Waals surface area contributed by atoms with Gasteiger partial charge in [-0.25, -0.2) is 13.1 Å². The van der Waals surface area contributed by atoms with Crippen molar-refractivity contribution in [1.29, 1.82) is 0 Å². The van der Waals surface area contributed by atoms with Crippen LogP contribution in [0.15, 0.2) is 16.3 Å². The lowest BCUT2D eigenvalue weighted by atomic mass is 10.1. The normalized spacial score (nSPS) is 14.2. The maximum Gasteiger partial charge on any atom is 0.250 e. The van der Waals surface area contributed by atoms with E-state index in [1.165, 1.54) is 11.3 Å². The number of sulfonamides is 1. The van der Waals surface area contributed by atoms with Crippen LogP contribution in [0.3, 0.4) is 0 Å². The minimum Gasteiger partial charge on any atom is -0.206 e. The third-order valence-electron chi connectivity index (χ3n) is 2.53. The van der Waals surface area contributed by atoms with Crippen LogP contribution in [0, 0.1) is 5.92 Å². The summed E-state index contributed by atoms with van der Waals surface area (Å²) in [5.74, 6) is 0.455. The van der Waals surface area contributed by atoms with Crippen molar-refractivity contribution in [1.82, 2.24) is 4.72 Å². The lowest BCUT2D eigenvalue weighted by Gasteiger charge is -2.18. The van der Waals surface area contributed by atoms with E-state index in [2.05, 4.69) is 4.72 Å². The standard InChI is InChI=1S/C11H18ClNO2S2/c1-4-9-5-6-11(16-9)17(14,15)13-10(7-12)8(2)3/h5-6,8,10,13H,4,7H2,1-3H3. The Morgan fingerprint density at radius 2 is 2.06 bits per heavy atom. The van der Waals surface area contributed by atoms with Gasteiger partial charge in [0, 0.05) is 16.8 Å². The van der Waals surface area contributed by atoms with Gasteiger partial charge >= 0.3 is 0 Å². The molecular weight excluding hydrogens is 278 g/mol. The van der Waals surface area contributed by atoms with Crippen molar-refractivity contribution in [3.8, 4) is 0 Å². The molecule has 0 bridgehead atoms. The third-order valence-corrected chi connectivity index (χ3v) is 6.07. The molecule has 0 spiro atoms. The number of hydrogen-bond acceptors (Lipinski definition) is 3. The average Bonchev–Trinajstić information content (AvgIpc) is 2.74. The monoisotopic (exact) mass is 295 g/mol. The number of halogens is 1. The lowest BCUT2D eigenvalue weighted by Crippen LogP contribution is -2.39. The highest BCUT2D eigenvalue weighted by Crippen LogP contribution is 2.22. The van der Waals surface area contributed by atoms with E-state index in [1.54, 1.807) is 6.07 Å². The summed E-state index contributed by atoms with van der Waals surface area (Å²) in [6.07, 6.45) is 0.850. The summed E-state index contributed by atoms with van der Waals surface area (Å²) in [5, 5.41) is 0. The highest BCUT2D eigenvalue weighted by molar-refractivity contribution is 7.91. The van der Waals surface area contributed by atoms with Crippen LogP contribution in [-0.2, 0) is 16.4 Å². The van der Waals surface area contributed by atoms with Gasteiger partial charge in [-0.2, -0.15) is 0 Å². The van der Waals surface area contributed by atoms with Crippen LogP contribution in [0.2, 0.25) is 0 Å². The fourth-order valence-corrected chi connectivity index (χ4v) is 4.52. The molecule has 0 saturated heterocycles. The summed E-state index contributed by atoms with van der Waals surface area (Å²) in [6, 6.07) is 3.27. The number of rotatable bonds is 6. The molecule has 6 heteroatoms. The van der Waals surface area contributed by atoms with E-state index in [4.69, 9.17) is 11.6 Å². The van der Waals surface area contributed by atoms with Crippen LogP contribution in [-0.4, -0.2) is 20.3 Å². The highest BCUT2D eigenvalue weighted by atomic mass is 35.5. The minimum absolute atomic E-state index is 0.174. The zero-order valence-electron chi connectivity index (χ0n) is 10.2. The van der Waals surface area contributed by atoms with Gasteiger partial charge in [0.1, 0.15) is 4.21 Å². The molecule has 0 saturated carbocycles. The van der Waals surface area contributed by atoms with Crippen LogP contribution in [0.1, 0.15) is 25.6 Å². The van der Waals surface area contributed by atoms with Crippen molar-refractivity contribution in [2.75, 3.05) is 5.88 Å². The molecule has 0 amide bonds. The van der Waals surface area contributed by atoms with E-state index in [0.717, 1.165) is 11.3 Å². The summed E-state index contributed by atoms with van der Waals surface area (Å²) in [7, 11) is -3.42. The van der Waals surface area contributed by atoms with E-state index in [1.807, 2.05) is 26.8 Å². The summed E-state index contributed by atoms with van der Waals surface area (Å²) in [5.41, 5.74) is 0. The summed E-state index contributed by atoms with van der Waals surface area (Å²) >= 11 is 7.08. The Bertz CT molecular complexity index is 454. The van der Waals surface area contributed by atoms with Gasteiger partial charge in [0.05, 0.1) is 0 Å². The van der Waals surface area contributed by atoms with E-state index < -0.39 is 10.0 Å². The van der Waals surface area contributed by atoms with Gasteiger partial charge in [-0.1, -0.05) is 20.8 Å². The molecule has 1 rings (SSSR count). The molecule has 1 aromatic heterocycles. The Balaban J connectivity index is 2.88. The predicted molar refractivity (Wildman–Crippen MR) is 73.4 cm³/mol. The highest BCUT2D eigenvalue weighted by Gasteiger charge is 2.23. The van der Waals surface area contributed by atoms with Crippen LogP contribution < -0.4 is 4.72 Å². The Hall–Kier alpha value is -0.100. The van der Waals surface area contributed by atoms with Crippen LogP contribution in [0.5, 0.6) is 0 Å². The number of nitrogens with one attached hydrogen (secondary N) is 1. The summed E-state index contributed by atoms with van der Waals surface area (Å²) in [6.45, 7) is 5.90. The van der Waals surface area contributed by atoms with E-state index in [0.29, 0.717) is 4.21 Å². The molecule has 17 heavy (non-hydrogen) atoms. The number of thiophene rings is 1. The van der Waals surface area contributed by atoms with Gasteiger partial charge in [-0.3, -0.25) is 0 Å². The fourth-order valence-electron chi connectivity index (χ4n) is 1.30. The maximum atomic E-state index is 12.1. The van der Waals surface area contributed by atoms with Crippen LogP contribution >= 0.6 is 22.9 Å². The smallest absolute Gasteiger partial charge is 0.206 e. The van der Waals surface area contributed by atoms with Gasteiger partial charge in [-0.05, 0) is 24.5 Å². The summed E-state index contributed by atoms with van der Waals surface area (Å²) < 4.78 is 27.2. The van der Waals surface area contributed by atoms with Crippen molar-refractivity contribution in [3.63, 3.8) is 0 Å². The summed E-state index contributed by atoms with van der Waals surface area (Å²) in [4.78, 5) is 1.07. The second-order valence-corrected chi connectivity index (χ2v) is 7.62. The first-order chi connectivity index (χ1) is 7.90. The van der Waals surface area contributed by atoms with E-state index in [-0.39, 0.29) is 17.8 Å². The van der Waals surface area contributed by atoms with Gasteiger partial charge in [0.2, 0.25) is 10.0 Å². The van der Waals surface area contributed by atoms with Gasteiger partial charge in [0.15, 0.2) is 0 Å². The average molecular weight is 296 g/mol. The van der Waals surface area contributed by atoms with Gasteiger partial charge < -0.3 is 0 Å². The van der Waals surface area contributed by atoms with Crippen molar-refractivity contribution >= 4 is 33.0 Å². The Labute approximate surface area is 112 Å². The largest absolute Gasteiger partial charge is 0.250 e. The quantitative estimate of drug-likeness (QED) is 0.820. The molecule has 98 valence electrons. The molecule has 0 aliphatic rings. The number of alkyl halides is 1. The molecule has 0 fully saturated rings. The predicted octanol–water partition coefficient (Wildman–Crippen LogP) is 2.85. The van der Waals surface area contributed by atoms with E-state index in [9.17, 15) is 8.42 Å². The maximum absolute atomic E-state index is 12.1. The molecule has 1 unspecified atom stereocenters. The second kappa shape index (κ2) is 6.18. The Kier molecular flexibility index (Phi) is 5.44. The molecule has 1 aromatic rings. The van der Waals surface area contributed by atoms with Crippen LogP contribution in [0.4, 0.5) is 0 Å². The molecule has 0 aliphatic carbocycles. The van der Waals surface area contributed by atoms with Crippen molar-refractivity contribution in [2.24, 2.45) is 5.92 Å². The number of hydrogen-bond donors (Lipinski definition) is 1. The Morgan fingerprint density at radius 1 is 1.41 bits per heavy atom. The van der Waals surface area contributed by atoms with Crippen molar-refractivity contribution in [3.05, 3.63) is 17.0 Å². The van der Waals surface area contributed by atoms with Crippen molar-refractivity contribution < 1.29 is 8.42 Å². The Morgan fingerprint density at radius 3 is 2.47 bits per heavy atom. The van der Waals surface area contributed by atoms with Crippen molar-refractivity contribution in [2.45, 2.75) is 37.4 Å². The number of aryl methyl sites for hydroxylation is 1. The molecule has 1 atom stereocenters. The topological polar surface area (TPSA) is 46.2 Å². The molecule has 1 N–H and O–H groups in total. The molecule has 0 aliphatic heterocycles. The molecule has 0 radical (unpaired) electrons. The SMILES string of the molecule is CCc1ccc(S(=O)(=O)NC(CCl)C(C)C)s1. The van der Waals surface area contributed by atoms with E-state index >= 15 is 0 Å². The first-order valence-electron chi connectivity index (χ1n) is 5.57. The molecule has 3 nitrogen and oxygen atoms in total. The minimum atomic E-state index is -3.42. The third kappa shape index (κ3) is 3.95. The lowest BCUT2D eigenvalue weighted by molar-refractivity contribution is 0.481. The first-order valence-corrected chi connectivity index (χ1v) is 8.41. The second-order valence-electron chi connectivity index (χ2n) is 4.20.